The average molecular weight is 477 g/mol. The van der Waals surface area contributed by atoms with Gasteiger partial charge in [-0.3, -0.25) is 9.20 Å². The fraction of sp³-hybridized carbons (Fsp3) is 0.208. The molecule has 35 heavy (non-hydrogen) atoms. The minimum absolute atomic E-state index is 0.189. The van der Waals surface area contributed by atoms with Crippen LogP contribution in [0.5, 0.6) is 0 Å². The Kier molecular flexibility index (Phi) is 5.39. The van der Waals surface area contributed by atoms with Crippen molar-refractivity contribution in [2.24, 2.45) is 5.73 Å². The van der Waals surface area contributed by atoms with Crippen molar-refractivity contribution in [2.75, 3.05) is 5.32 Å². The summed E-state index contributed by atoms with van der Waals surface area (Å²) < 4.78 is 33.2. The maximum atomic E-state index is 13.2. The zero-order valence-corrected chi connectivity index (χ0v) is 18.6. The molecular weight excluding hydrogens is 456 g/mol. The summed E-state index contributed by atoms with van der Waals surface area (Å²) in [6.45, 7) is 1.84. The lowest BCUT2D eigenvalue weighted by molar-refractivity contribution is -0.0925. The van der Waals surface area contributed by atoms with Gasteiger partial charge in [-0.15, -0.1) is 0 Å². The quantitative estimate of drug-likeness (QED) is 0.352. The Morgan fingerprint density at radius 3 is 2.83 bits per heavy atom. The van der Waals surface area contributed by atoms with Gasteiger partial charge in [0.25, 0.3) is 5.91 Å². The Labute approximate surface area is 198 Å². The molecule has 178 valence electrons. The molecule has 1 saturated carbocycles. The first-order valence-electron chi connectivity index (χ1n) is 10.8. The SMILES string of the molecule is Cc1ccc(-c2noc(C3CC(F)(F)C3)n2)cc1NC(=O)c1cnc2ccc(/C(C=N)=C/N)cn12. The topological polar surface area (TPSA) is 135 Å². The van der Waals surface area contributed by atoms with Gasteiger partial charge in [0.2, 0.25) is 17.6 Å². The number of carbonyl (C=O) groups excluding carboxylic acids is 1. The van der Waals surface area contributed by atoms with Crippen LogP contribution >= 0.6 is 0 Å². The first kappa shape index (κ1) is 22.4. The first-order chi connectivity index (χ1) is 16.8. The van der Waals surface area contributed by atoms with Gasteiger partial charge in [0.05, 0.1) is 6.20 Å². The molecule has 1 aliphatic carbocycles. The number of aromatic nitrogens is 4. The Morgan fingerprint density at radius 1 is 1.31 bits per heavy atom. The number of alkyl halides is 2. The van der Waals surface area contributed by atoms with Crippen LogP contribution in [0.1, 0.15) is 46.3 Å². The van der Waals surface area contributed by atoms with Crippen molar-refractivity contribution in [1.82, 2.24) is 19.5 Å². The van der Waals surface area contributed by atoms with Crippen LogP contribution in [0.25, 0.3) is 22.6 Å². The van der Waals surface area contributed by atoms with Gasteiger partial charge in [-0.05, 0) is 30.7 Å². The summed E-state index contributed by atoms with van der Waals surface area (Å²) in [5.41, 5.74) is 9.52. The zero-order chi connectivity index (χ0) is 24.7. The Balaban J connectivity index is 1.40. The molecule has 4 N–H and O–H groups in total. The highest BCUT2D eigenvalue weighted by atomic mass is 19.3. The number of hydrogen-bond acceptors (Lipinski definition) is 7. The highest BCUT2D eigenvalue weighted by Crippen LogP contribution is 2.48. The third-order valence-corrected chi connectivity index (χ3v) is 6.03. The van der Waals surface area contributed by atoms with Crippen molar-refractivity contribution in [3.8, 4) is 11.4 Å². The van der Waals surface area contributed by atoms with E-state index in [1.807, 2.05) is 6.92 Å². The Morgan fingerprint density at radius 2 is 2.11 bits per heavy atom. The molecule has 4 aromatic rings. The predicted molar refractivity (Wildman–Crippen MR) is 125 cm³/mol. The van der Waals surface area contributed by atoms with Gasteiger partial charge in [0.15, 0.2) is 0 Å². The van der Waals surface area contributed by atoms with Crippen molar-refractivity contribution >= 4 is 29.0 Å². The van der Waals surface area contributed by atoms with E-state index in [0.717, 1.165) is 11.8 Å². The number of carbonyl (C=O) groups is 1. The average Bonchev–Trinajstić information content (AvgIpc) is 3.47. The van der Waals surface area contributed by atoms with Gasteiger partial charge in [0.1, 0.15) is 11.3 Å². The van der Waals surface area contributed by atoms with Crippen molar-refractivity contribution in [3.05, 3.63) is 71.6 Å². The smallest absolute Gasteiger partial charge is 0.274 e. The second-order valence-electron chi connectivity index (χ2n) is 8.46. The molecule has 0 unspecified atom stereocenters. The van der Waals surface area contributed by atoms with E-state index in [9.17, 15) is 13.6 Å². The number of fused-ring (bicyclic) bond motifs is 1. The number of hydrogen-bond donors (Lipinski definition) is 3. The maximum absolute atomic E-state index is 13.2. The Bertz CT molecular complexity index is 1480. The number of halogens is 2. The van der Waals surface area contributed by atoms with E-state index >= 15 is 0 Å². The minimum Gasteiger partial charge on any atom is -0.404 e. The summed E-state index contributed by atoms with van der Waals surface area (Å²) in [5, 5.41) is 14.3. The number of amides is 1. The van der Waals surface area contributed by atoms with E-state index in [0.29, 0.717) is 33.7 Å². The molecule has 1 aliphatic rings. The lowest BCUT2D eigenvalue weighted by Gasteiger charge is -2.31. The molecule has 0 radical (unpaired) electrons. The molecule has 3 aromatic heterocycles. The van der Waals surface area contributed by atoms with E-state index in [1.165, 1.54) is 12.4 Å². The highest BCUT2D eigenvalue weighted by molar-refractivity contribution is 6.08. The fourth-order valence-electron chi connectivity index (χ4n) is 3.98. The monoisotopic (exact) mass is 477 g/mol. The van der Waals surface area contributed by atoms with E-state index in [1.54, 1.807) is 40.9 Å². The van der Waals surface area contributed by atoms with Crippen LogP contribution in [0.3, 0.4) is 0 Å². The number of imidazole rings is 1. The van der Waals surface area contributed by atoms with Gasteiger partial charge in [-0.25, -0.2) is 13.8 Å². The first-order valence-corrected chi connectivity index (χ1v) is 10.8. The number of rotatable bonds is 6. The number of allylic oxidation sites excluding steroid dienone is 1. The second-order valence-corrected chi connectivity index (χ2v) is 8.46. The van der Waals surface area contributed by atoms with Gasteiger partial charge in [0, 0.05) is 59.8 Å². The van der Waals surface area contributed by atoms with E-state index < -0.39 is 17.7 Å². The summed E-state index contributed by atoms with van der Waals surface area (Å²) in [6, 6.07) is 8.78. The van der Waals surface area contributed by atoms with Gasteiger partial charge >= 0.3 is 0 Å². The number of pyridine rings is 1. The summed E-state index contributed by atoms with van der Waals surface area (Å²) in [6.07, 6.45) is 5.01. The van der Waals surface area contributed by atoms with Crippen LogP contribution in [0.4, 0.5) is 14.5 Å². The van der Waals surface area contributed by atoms with Gasteiger partial charge in [-0.1, -0.05) is 17.3 Å². The molecule has 9 nitrogen and oxygen atoms in total. The minimum atomic E-state index is -2.68. The van der Waals surface area contributed by atoms with Crippen LogP contribution in [0.2, 0.25) is 0 Å². The fourth-order valence-corrected chi connectivity index (χ4v) is 3.98. The molecule has 1 amide bonds. The van der Waals surface area contributed by atoms with Crippen LogP contribution < -0.4 is 11.1 Å². The lowest BCUT2D eigenvalue weighted by Crippen LogP contribution is -2.33. The molecule has 1 fully saturated rings. The summed E-state index contributed by atoms with van der Waals surface area (Å²) >= 11 is 0. The van der Waals surface area contributed by atoms with Gasteiger partial charge in [-0.2, -0.15) is 4.98 Å². The van der Waals surface area contributed by atoms with E-state index in [2.05, 4.69) is 20.4 Å². The van der Waals surface area contributed by atoms with Crippen molar-refractivity contribution < 1.29 is 18.1 Å². The molecule has 3 heterocycles. The largest absolute Gasteiger partial charge is 0.404 e. The maximum Gasteiger partial charge on any atom is 0.274 e. The highest BCUT2D eigenvalue weighted by Gasteiger charge is 2.48. The second kappa shape index (κ2) is 8.42. The lowest BCUT2D eigenvalue weighted by atomic mass is 9.81. The molecule has 0 bridgehead atoms. The number of nitrogens with two attached hydrogens (primary N) is 1. The number of anilines is 1. The Hall–Kier alpha value is -4.41. The van der Waals surface area contributed by atoms with Crippen LogP contribution in [0.15, 0.2) is 53.4 Å². The predicted octanol–water partition coefficient (Wildman–Crippen LogP) is 4.41. The molecule has 1 aromatic carbocycles. The number of aryl methyl sites for hydroxylation is 1. The zero-order valence-electron chi connectivity index (χ0n) is 18.6. The molecule has 11 heteroatoms. The normalized spacial score (nSPS) is 15.7. The third-order valence-electron chi connectivity index (χ3n) is 6.03. The number of nitrogens with zero attached hydrogens (tertiary/aromatic N) is 4. The third kappa shape index (κ3) is 4.16. The number of benzene rings is 1. The molecule has 0 saturated heterocycles. The number of nitrogens with one attached hydrogen (secondary N) is 2. The summed E-state index contributed by atoms with van der Waals surface area (Å²) in [5.74, 6) is -3.07. The molecule has 0 aliphatic heterocycles. The van der Waals surface area contributed by atoms with Crippen molar-refractivity contribution in [1.29, 1.82) is 5.41 Å². The van der Waals surface area contributed by atoms with Crippen LogP contribution in [-0.4, -0.2) is 37.6 Å². The molecule has 5 rings (SSSR count). The van der Waals surface area contributed by atoms with Crippen molar-refractivity contribution in [2.45, 2.75) is 31.6 Å². The molecule has 0 spiro atoms. The van der Waals surface area contributed by atoms with Gasteiger partial charge < -0.3 is 21.0 Å². The molecular formula is C24H21F2N7O2. The van der Waals surface area contributed by atoms with E-state index in [4.69, 9.17) is 15.7 Å². The summed E-state index contributed by atoms with van der Waals surface area (Å²) in [4.78, 5) is 21.7. The molecule has 0 atom stereocenters. The van der Waals surface area contributed by atoms with Crippen LogP contribution in [0, 0.1) is 12.3 Å². The summed E-state index contributed by atoms with van der Waals surface area (Å²) in [7, 11) is 0. The van der Waals surface area contributed by atoms with Crippen LogP contribution in [-0.2, 0) is 0 Å². The van der Waals surface area contributed by atoms with Crippen molar-refractivity contribution in [3.63, 3.8) is 0 Å². The van der Waals surface area contributed by atoms with E-state index in [-0.39, 0.29) is 24.6 Å². The standard InChI is InChI=1S/C24H21F2N7O2/c1-13-2-3-14(21-31-23(35-32-21)16-7-24(25,26)8-16)6-18(13)30-22(34)19-11-29-20-5-4-15(12-33(19)20)17(9-27)10-28/h2-6,9-12,16,27H,7-8,28H2,1H3,(H,30,34)/b17-10+,27-9?.